The molecule has 0 radical (unpaired) electrons. The summed E-state index contributed by atoms with van der Waals surface area (Å²) < 4.78 is 11.9. The van der Waals surface area contributed by atoms with Gasteiger partial charge in [-0.15, -0.1) is 0 Å². The Morgan fingerprint density at radius 3 is 2.55 bits per heavy atom. The van der Waals surface area contributed by atoms with Crippen molar-refractivity contribution in [3.8, 4) is 5.75 Å². The van der Waals surface area contributed by atoms with Gasteiger partial charge in [-0.3, -0.25) is 0 Å². The van der Waals surface area contributed by atoms with Gasteiger partial charge >= 0.3 is 0 Å². The molecule has 1 heterocycles. The van der Waals surface area contributed by atoms with Crippen molar-refractivity contribution in [1.29, 1.82) is 0 Å². The van der Waals surface area contributed by atoms with Crippen LogP contribution in [0.25, 0.3) is 0 Å². The van der Waals surface area contributed by atoms with Crippen molar-refractivity contribution in [2.75, 3.05) is 13.7 Å². The highest BCUT2D eigenvalue weighted by molar-refractivity contribution is 9.10. The van der Waals surface area contributed by atoms with Crippen LogP contribution >= 0.6 is 15.9 Å². The summed E-state index contributed by atoms with van der Waals surface area (Å²) in [6.07, 6.45) is 0.810. The fourth-order valence-corrected chi connectivity index (χ4v) is 2.23. The molecule has 0 aliphatic rings. The van der Waals surface area contributed by atoms with Gasteiger partial charge in [-0.2, -0.15) is 0 Å². The highest BCUT2D eigenvalue weighted by Crippen LogP contribution is 2.30. The van der Waals surface area contributed by atoms with Crippen LogP contribution in [0.2, 0.25) is 0 Å². The highest BCUT2D eigenvalue weighted by atomic mass is 79.9. The number of benzene rings is 1. The standard InChI is InChI=1S/C15H16BrNO3/c1-19-13(10-18)14(11-6-3-2-4-7-11)20-12-8-5-9-17-15(12)16/h2-9,13-14,18H,10H2,1H3. The molecule has 20 heavy (non-hydrogen) atoms. The van der Waals surface area contributed by atoms with Gasteiger partial charge < -0.3 is 14.6 Å². The van der Waals surface area contributed by atoms with E-state index in [4.69, 9.17) is 9.47 Å². The predicted molar refractivity (Wildman–Crippen MR) is 79.6 cm³/mol. The molecule has 2 aromatic rings. The van der Waals surface area contributed by atoms with Crippen molar-refractivity contribution < 1.29 is 14.6 Å². The zero-order valence-electron chi connectivity index (χ0n) is 11.1. The molecule has 1 N–H and O–H groups in total. The number of halogens is 1. The molecule has 0 spiro atoms. The van der Waals surface area contributed by atoms with Crippen LogP contribution in [-0.4, -0.2) is 29.9 Å². The van der Waals surface area contributed by atoms with Crippen molar-refractivity contribution >= 4 is 15.9 Å². The lowest BCUT2D eigenvalue weighted by Gasteiger charge is -2.26. The minimum absolute atomic E-state index is 0.131. The van der Waals surface area contributed by atoms with E-state index >= 15 is 0 Å². The van der Waals surface area contributed by atoms with Gasteiger partial charge in [-0.05, 0) is 33.6 Å². The number of pyridine rings is 1. The summed E-state index contributed by atoms with van der Waals surface area (Å²) in [5.74, 6) is 0.608. The van der Waals surface area contributed by atoms with E-state index in [1.54, 1.807) is 19.4 Å². The summed E-state index contributed by atoms with van der Waals surface area (Å²) in [4.78, 5) is 4.13. The molecule has 2 rings (SSSR count). The molecule has 0 bridgehead atoms. The number of hydrogen-bond donors (Lipinski definition) is 1. The molecule has 0 amide bonds. The minimum Gasteiger partial charge on any atom is -0.480 e. The van der Waals surface area contributed by atoms with Crippen molar-refractivity contribution in [2.24, 2.45) is 0 Å². The Morgan fingerprint density at radius 1 is 1.20 bits per heavy atom. The summed E-state index contributed by atoms with van der Waals surface area (Å²) >= 11 is 3.35. The van der Waals surface area contributed by atoms with Crippen molar-refractivity contribution in [3.05, 3.63) is 58.8 Å². The first-order chi connectivity index (χ1) is 9.76. The van der Waals surface area contributed by atoms with Gasteiger partial charge in [0.2, 0.25) is 0 Å². The smallest absolute Gasteiger partial charge is 0.153 e. The Hall–Kier alpha value is -1.43. The molecule has 0 fully saturated rings. The molecule has 1 aromatic carbocycles. The number of aliphatic hydroxyl groups is 1. The molecule has 2 atom stereocenters. The van der Waals surface area contributed by atoms with E-state index in [0.717, 1.165) is 5.56 Å². The summed E-state index contributed by atoms with van der Waals surface area (Å²) in [5, 5.41) is 9.47. The Bertz CT molecular complexity index is 532. The fraction of sp³-hybridized carbons (Fsp3) is 0.267. The molecule has 4 nitrogen and oxygen atoms in total. The lowest BCUT2D eigenvalue weighted by atomic mass is 10.0. The second-order valence-corrected chi connectivity index (χ2v) is 4.95. The van der Waals surface area contributed by atoms with Crippen molar-refractivity contribution in [3.63, 3.8) is 0 Å². The largest absolute Gasteiger partial charge is 0.480 e. The number of methoxy groups -OCH3 is 1. The highest BCUT2D eigenvalue weighted by Gasteiger charge is 2.25. The summed E-state index contributed by atoms with van der Waals surface area (Å²) in [6.45, 7) is -0.131. The minimum atomic E-state index is -0.454. The van der Waals surface area contributed by atoms with E-state index < -0.39 is 12.2 Å². The van der Waals surface area contributed by atoms with Crippen molar-refractivity contribution in [1.82, 2.24) is 4.98 Å². The van der Waals surface area contributed by atoms with Crippen LogP contribution in [-0.2, 0) is 4.74 Å². The van der Waals surface area contributed by atoms with Crippen LogP contribution in [0.15, 0.2) is 53.3 Å². The van der Waals surface area contributed by atoms with Gasteiger partial charge in [-0.1, -0.05) is 30.3 Å². The molecular formula is C15H16BrNO3. The maximum Gasteiger partial charge on any atom is 0.153 e. The fourth-order valence-electron chi connectivity index (χ4n) is 1.89. The van der Waals surface area contributed by atoms with Gasteiger partial charge in [0, 0.05) is 13.3 Å². The average Bonchev–Trinajstić information content (AvgIpc) is 2.50. The number of aromatic nitrogens is 1. The number of hydrogen-bond acceptors (Lipinski definition) is 4. The van der Waals surface area contributed by atoms with Crippen LogP contribution < -0.4 is 4.74 Å². The summed E-state index contributed by atoms with van der Waals surface area (Å²) in [7, 11) is 1.55. The Kier molecular flexibility index (Phi) is 5.52. The first-order valence-corrected chi connectivity index (χ1v) is 7.01. The molecule has 1 aromatic heterocycles. The molecule has 0 saturated carbocycles. The topological polar surface area (TPSA) is 51.6 Å². The maximum atomic E-state index is 9.47. The van der Waals surface area contributed by atoms with Crippen LogP contribution in [0.3, 0.4) is 0 Å². The second kappa shape index (κ2) is 7.38. The van der Waals surface area contributed by atoms with E-state index in [-0.39, 0.29) is 6.61 Å². The molecule has 0 aliphatic heterocycles. The number of ether oxygens (including phenoxy) is 2. The SMILES string of the molecule is COC(CO)C(Oc1cccnc1Br)c1ccccc1. The monoisotopic (exact) mass is 337 g/mol. The van der Waals surface area contributed by atoms with Gasteiger partial charge in [0.05, 0.1) is 6.61 Å². The average molecular weight is 338 g/mol. The van der Waals surface area contributed by atoms with E-state index in [2.05, 4.69) is 20.9 Å². The quantitative estimate of drug-likeness (QED) is 0.823. The lowest BCUT2D eigenvalue weighted by molar-refractivity contribution is -0.0315. The van der Waals surface area contributed by atoms with Crippen LogP contribution in [0.5, 0.6) is 5.75 Å². The van der Waals surface area contributed by atoms with Crippen molar-refractivity contribution in [2.45, 2.75) is 12.2 Å². The number of aliphatic hydroxyl groups excluding tert-OH is 1. The summed E-state index contributed by atoms with van der Waals surface area (Å²) in [5.41, 5.74) is 0.934. The molecule has 106 valence electrons. The third-order valence-electron chi connectivity index (χ3n) is 2.93. The van der Waals surface area contributed by atoms with E-state index in [9.17, 15) is 5.11 Å². The van der Waals surface area contributed by atoms with Crippen LogP contribution in [0.1, 0.15) is 11.7 Å². The normalized spacial score (nSPS) is 13.8. The molecular weight excluding hydrogens is 322 g/mol. The van der Waals surface area contributed by atoms with Gasteiger partial charge in [-0.25, -0.2) is 4.98 Å². The number of nitrogens with zero attached hydrogens (tertiary/aromatic N) is 1. The first-order valence-electron chi connectivity index (χ1n) is 6.22. The zero-order valence-corrected chi connectivity index (χ0v) is 12.7. The molecule has 0 aliphatic carbocycles. The summed E-state index contributed by atoms with van der Waals surface area (Å²) in [6, 6.07) is 13.3. The lowest BCUT2D eigenvalue weighted by Crippen LogP contribution is -2.29. The van der Waals surface area contributed by atoms with E-state index in [1.165, 1.54) is 0 Å². The van der Waals surface area contributed by atoms with Crippen LogP contribution in [0.4, 0.5) is 0 Å². The van der Waals surface area contributed by atoms with Gasteiger partial charge in [0.25, 0.3) is 0 Å². The molecule has 0 saturated heterocycles. The van der Waals surface area contributed by atoms with E-state index in [1.807, 2.05) is 36.4 Å². The predicted octanol–water partition coefficient (Wildman–Crippen LogP) is 2.97. The second-order valence-electron chi connectivity index (χ2n) is 4.20. The zero-order chi connectivity index (χ0) is 14.4. The van der Waals surface area contributed by atoms with Crippen LogP contribution in [0, 0.1) is 0 Å². The molecule has 2 unspecified atom stereocenters. The van der Waals surface area contributed by atoms with E-state index in [0.29, 0.717) is 10.4 Å². The number of rotatable bonds is 6. The Balaban J connectivity index is 2.30. The first kappa shape index (κ1) is 15.0. The Labute approximate surface area is 126 Å². The maximum absolute atomic E-state index is 9.47. The van der Waals surface area contributed by atoms with Gasteiger partial charge in [0.15, 0.2) is 11.9 Å². The Morgan fingerprint density at radius 2 is 1.95 bits per heavy atom. The van der Waals surface area contributed by atoms with Gasteiger partial charge in [0.1, 0.15) is 10.7 Å². The third-order valence-corrected chi connectivity index (χ3v) is 3.52. The molecule has 5 heteroatoms. The third kappa shape index (κ3) is 3.56.